The second kappa shape index (κ2) is 24.3. The summed E-state index contributed by atoms with van der Waals surface area (Å²) in [4.78, 5) is 27.0. The predicted octanol–water partition coefficient (Wildman–Crippen LogP) is 3.89. The van der Waals surface area contributed by atoms with Crippen LogP contribution in [-0.2, 0) is 38.0 Å². The van der Waals surface area contributed by atoms with Crippen molar-refractivity contribution in [2.45, 2.75) is 69.2 Å². The molecule has 1 aromatic carbocycles. The molecule has 3 aliphatic rings. The summed E-state index contributed by atoms with van der Waals surface area (Å²) >= 11 is 7.05. The molecule has 1 saturated carbocycles. The van der Waals surface area contributed by atoms with E-state index in [1.165, 1.54) is 6.20 Å². The summed E-state index contributed by atoms with van der Waals surface area (Å²) in [7, 11) is 0. The van der Waals surface area contributed by atoms with Crippen LogP contribution in [-0.4, -0.2) is 147 Å². The quantitative estimate of drug-likeness (QED) is 0.0360. The van der Waals surface area contributed by atoms with E-state index in [4.69, 9.17) is 42.6 Å². The topological polar surface area (TPSA) is 226 Å². The number of alkyl carbamates (subject to hydrolysis) is 1. The maximum Gasteiger partial charge on any atom is 0.407 e. The minimum Gasteiger partial charge on any atom is -0.510 e. The monoisotopic (exact) mass is 960 g/mol. The summed E-state index contributed by atoms with van der Waals surface area (Å²) in [6, 6.07) is 1.77. The lowest BCUT2D eigenvalue weighted by molar-refractivity contribution is -0.268. The van der Waals surface area contributed by atoms with Crippen molar-refractivity contribution in [3.63, 3.8) is 0 Å². The molecule has 0 radical (unpaired) electrons. The normalized spacial score (nSPS) is 24.8. The van der Waals surface area contributed by atoms with E-state index in [1.807, 2.05) is 0 Å². The summed E-state index contributed by atoms with van der Waals surface area (Å²) in [6.45, 7) is 6.87. The van der Waals surface area contributed by atoms with Gasteiger partial charge in [-0.2, -0.15) is 0 Å². The molecule has 0 bridgehead atoms. The third-order valence-electron chi connectivity index (χ3n) is 10.1. The predicted molar refractivity (Wildman–Crippen MR) is 218 cm³/mol. The fraction of sp³-hybridized carbons (Fsp3) is 0.650. The van der Waals surface area contributed by atoms with Gasteiger partial charge in [-0.05, 0) is 74.9 Å². The van der Waals surface area contributed by atoms with Crippen LogP contribution >= 0.6 is 31.9 Å². The van der Waals surface area contributed by atoms with Gasteiger partial charge in [0.25, 0.3) is 0 Å². The molecule has 2 aliphatic carbocycles. The zero-order valence-corrected chi connectivity index (χ0v) is 35.9. The molecule has 1 unspecified atom stereocenters. The molecule has 1 aromatic heterocycles. The largest absolute Gasteiger partial charge is 0.510 e. The molecule has 328 valence electrons. The van der Waals surface area contributed by atoms with Crippen LogP contribution in [0.1, 0.15) is 38.5 Å². The molecule has 59 heavy (non-hydrogen) atoms. The van der Waals surface area contributed by atoms with Gasteiger partial charge in [0.2, 0.25) is 6.29 Å². The molecule has 1 aliphatic heterocycles. The number of hydrogen-bond donors (Lipinski definition) is 6. The minimum absolute atomic E-state index is 0.0648. The van der Waals surface area contributed by atoms with Gasteiger partial charge in [0.1, 0.15) is 54.9 Å². The molecule has 2 heterocycles. The van der Waals surface area contributed by atoms with E-state index in [0.29, 0.717) is 89.2 Å². The Hall–Kier alpha value is -3.16. The van der Waals surface area contributed by atoms with Crippen LogP contribution < -0.4 is 14.8 Å². The average molecular weight is 963 g/mol. The fourth-order valence-electron chi connectivity index (χ4n) is 6.92. The molecule has 2 fully saturated rings. The number of amides is 1. The maximum atomic E-state index is 12.1. The van der Waals surface area contributed by atoms with Crippen molar-refractivity contribution in [1.82, 2.24) is 10.3 Å². The first-order valence-corrected chi connectivity index (χ1v) is 21.3. The van der Waals surface area contributed by atoms with Crippen LogP contribution in [0.3, 0.4) is 0 Å². The van der Waals surface area contributed by atoms with Gasteiger partial charge in [-0.15, -0.1) is 11.8 Å². The first-order valence-electron chi connectivity index (χ1n) is 19.8. The first-order chi connectivity index (χ1) is 28.6. The number of nitrogens with one attached hydrogen (secondary N) is 2. The molecule has 1 amide bonds. The highest BCUT2D eigenvalue weighted by Gasteiger charge is 2.49. The average Bonchev–Trinajstić information content (AvgIpc) is 3.67. The van der Waals surface area contributed by atoms with Gasteiger partial charge in [-0.25, -0.2) is 4.79 Å². The Labute approximate surface area is 359 Å². The van der Waals surface area contributed by atoms with Crippen molar-refractivity contribution >= 4 is 54.8 Å². The van der Waals surface area contributed by atoms with Gasteiger partial charge in [-0.3, -0.25) is 4.79 Å². The van der Waals surface area contributed by atoms with Crippen LogP contribution in [0.4, 0.5) is 4.79 Å². The van der Waals surface area contributed by atoms with Gasteiger partial charge in [0.15, 0.2) is 0 Å². The van der Waals surface area contributed by atoms with Gasteiger partial charge in [-0.1, -0.05) is 6.58 Å². The molecule has 1 saturated heterocycles. The molecule has 0 spiro atoms. The zero-order chi connectivity index (χ0) is 42.1. The Morgan fingerprint density at radius 1 is 0.864 bits per heavy atom. The number of rotatable bonds is 25. The van der Waals surface area contributed by atoms with Crippen LogP contribution in [0.25, 0.3) is 10.9 Å². The van der Waals surface area contributed by atoms with Crippen molar-refractivity contribution in [2.24, 2.45) is 17.8 Å². The Bertz CT molecular complexity index is 1720. The highest BCUT2D eigenvalue weighted by molar-refractivity contribution is 9.11. The smallest absolute Gasteiger partial charge is 0.407 e. The van der Waals surface area contributed by atoms with E-state index >= 15 is 0 Å². The van der Waals surface area contributed by atoms with Gasteiger partial charge in [0, 0.05) is 38.6 Å². The van der Waals surface area contributed by atoms with Crippen LogP contribution in [0.15, 0.2) is 33.5 Å². The van der Waals surface area contributed by atoms with E-state index in [9.17, 15) is 30.0 Å². The summed E-state index contributed by atoms with van der Waals surface area (Å²) in [5.41, 5.74) is 0.647. The number of carbonyl (C=O) groups is 2. The number of fused-ring (bicyclic) bond motifs is 2. The number of aromatic nitrogens is 1. The summed E-state index contributed by atoms with van der Waals surface area (Å²) in [6.07, 6.45) is -1.66. The standard InChI is InChI=1S/C40H54Br2N2O15/c1-24(45)37-35(48)34(47)36(49)39(59-37)58-30-22-44-29-21-28(41)38(33(42)32(29)30)55-19-17-53-15-16-54-18-20-56-40(50)43-10-12-52-14-13-51-11-6-9-31(46)57-23-27-25-7-4-2-3-5-8-26(25)27/h21-22,25-27,34-37,39,44-45,47-49H,1,4-20,23H2,(H,43,50)/t25-,26+,27?,34-,35-,36+,37+,39+/m0/s1. The lowest BCUT2D eigenvalue weighted by atomic mass is 9.98. The van der Waals surface area contributed by atoms with Crippen molar-refractivity contribution < 1.29 is 72.6 Å². The molecule has 5 rings (SSSR count). The van der Waals surface area contributed by atoms with Crippen molar-refractivity contribution in [3.05, 3.63) is 33.5 Å². The lowest BCUT2D eigenvalue weighted by Gasteiger charge is -2.39. The third kappa shape index (κ3) is 14.2. The minimum atomic E-state index is -1.65. The number of aromatic amines is 1. The van der Waals surface area contributed by atoms with Crippen molar-refractivity contribution in [3.8, 4) is 23.3 Å². The molecule has 19 heteroatoms. The zero-order valence-electron chi connectivity index (χ0n) is 32.7. The number of hydrogen-bond acceptors (Lipinski definition) is 15. The molecule has 17 nitrogen and oxygen atoms in total. The van der Waals surface area contributed by atoms with Gasteiger partial charge >= 0.3 is 12.1 Å². The second-order valence-corrected chi connectivity index (χ2v) is 15.8. The number of aliphatic hydroxyl groups excluding tert-OH is 4. The van der Waals surface area contributed by atoms with E-state index in [2.05, 4.69) is 60.6 Å². The third-order valence-corrected chi connectivity index (χ3v) is 11.4. The lowest BCUT2D eigenvalue weighted by Crippen LogP contribution is -2.59. The van der Waals surface area contributed by atoms with E-state index in [-0.39, 0.29) is 57.9 Å². The van der Waals surface area contributed by atoms with E-state index in [0.717, 1.165) is 25.7 Å². The second-order valence-electron chi connectivity index (χ2n) is 14.2. The van der Waals surface area contributed by atoms with Crippen LogP contribution in [0.2, 0.25) is 0 Å². The van der Waals surface area contributed by atoms with Gasteiger partial charge < -0.3 is 73.4 Å². The van der Waals surface area contributed by atoms with Crippen molar-refractivity contribution in [1.29, 1.82) is 0 Å². The number of halogens is 2. The highest BCUT2D eigenvalue weighted by Crippen LogP contribution is 2.52. The highest BCUT2D eigenvalue weighted by atomic mass is 79.9. The Kier molecular flexibility index (Phi) is 19.3. The Morgan fingerprint density at radius 3 is 2.20 bits per heavy atom. The number of benzene rings is 1. The Balaban J connectivity index is 0.826. The number of ether oxygens (including phenoxy) is 9. The van der Waals surface area contributed by atoms with Crippen LogP contribution in [0, 0.1) is 29.6 Å². The number of H-pyrrole nitrogens is 1. The number of aliphatic hydroxyl groups is 4. The van der Waals surface area contributed by atoms with Crippen molar-refractivity contribution in [2.75, 3.05) is 79.2 Å². The molecule has 6 N–H and O–H groups in total. The number of carbonyl (C=O) groups excluding carboxylic acids is 2. The van der Waals surface area contributed by atoms with Gasteiger partial charge in [0.05, 0.1) is 72.7 Å². The Morgan fingerprint density at radius 2 is 1.51 bits per heavy atom. The molecular weight excluding hydrogens is 908 g/mol. The SMILES string of the molecule is C=C(O)[C@H]1O[C@@H](Oc2c[nH]c3cc(Br)c(OCCOCCOCCOC(=O)NCCOCCOCCCC(=O)OCC4[C@H]5CCC#CCC[C@@H]45)c(Br)c23)[C@H](O)[C@@H](O)[C@@H]1O. The van der Waals surface area contributed by atoms with E-state index in [1.54, 1.807) is 6.07 Å². The summed E-state index contributed by atoms with van der Waals surface area (Å²) in [5.74, 6) is 8.21. The maximum absolute atomic E-state index is 12.1. The number of esters is 1. The summed E-state index contributed by atoms with van der Waals surface area (Å²) < 4.78 is 51.0. The molecule has 2 aromatic rings. The first kappa shape index (κ1) is 46.9. The molecule has 8 atom stereocenters. The fourth-order valence-corrected chi connectivity index (χ4v) is 8.47. The van der Waals surface area contributed by atoms with Crippen LogP contribution in [0.5, 0.6) is 11.5 Å². The summed E-state index contributed by atoms with van der Waals surface area (Å²) in [5, 5.41) is 43.7. The van der Waals surface area contributed by atoms with E-state index < -0.39 is 42.6 Å². The molecular formula is C40H54Br2N2O15.